The number of carbonyl (C=O) groups is 8. The SMILES string of the molecule is O=C(O)CNC(=O)N(C(=O)C(=O)N(C(=O)NCC(=O)O)c1ccccc1C(=O)O)c1ccccc1C(=O)O. The first kappa shape index (κ1) is 28.4. The molecule has 2 aromatic carbocycles. The number of anilines is 2. The summed E-state index contributed by atoms with van der Waals surface area (Å²) in [4.78, 5) is 97.3. The molecule has 16 nitrogen and oxygen atoms in total. The summed E-state index contributed by atoms with van der Waals surface area (Å²) in [6.45, 7) is -2.12. The molecule has 0 aliphatic carbocycles. The van der Waals surface area contributed by atoms with Crippen LogP contribution in [0.5, 0.6) is 0 Å². The lowest BCUT2D eigenvalue weighted by molar-refractivity contribution is -0.137. The lowest BCUT2D eigenvalue weighted by atomic mass is 10.1. The van der Waals surface area contributed by atoms with Gasteiger partial charge in [0.1, 0.15) is 13.1 Å². The molecule has 38 heavy (non-hydrogen) atoms. The lowest BCUT2D eigenvalue weighted by Crippen LogP contribution is -2.55. The van der Waals surface area contributed by atoms with Crippen molar-refractivity contribution in [2.75, 3.05) is 22.9 Å². The predicted molar refractivity (Wildman–Crippen MR) is 124 cm³/mol. The zero-order valence-electron chi connectivity index (χ0n) is 19.0. The van der Waals surface area contributed by atoms with Crippen molar-refractivity contribution in [1.29, 1.82) is 0 Å². The fourth-order valence-electron chi connectivity index (χ4n) is 2.97. The van der Waals surface area contributed by atoms with Gasteiger partial charge in [-0.2, -0.15) is 0 Å². The number of imide groups is 2. The third kappa shape index (κ3) is 6.66. The third-order valence-corrected chi connectivity index (χ3v) is 4.53. The first-order valence-corrected chi connectivity index (χ1v) is 10.2. The molecule has 6 amide bonds. The monoisotopic (exact) mass is 530 g/mol. The van der Waals surface area contributed by atoms with Gasteiger partial charge in [-0.25, -0.2) is 29.0 Å². The van der Waals surface area contributed by atoms with Crippen LogP contribution in [0, 0.1) is 0 Å². The fraction of sp³-hybridized carbons (Fsp3) is 0.0909. The van der Waals surface area contributed by atoms with Gasteiger partial charge in [0.15, 0.2) is 0 Å². The van der Waals surface area contributed by atoms with Crippen LogP contribution < -0.4 is 20.4 Å². The number of urea groups is 2. The molecule has 0 bridgehead atoms. The molecule has 0 saturated heterocycles. The number of nitrogens with one attached hydrogen (secondary N) is 2. The number of nitrogens with zero attached hydrogens (tertiary/aromatic N) is 2. The van der Waals surface area contributed by atoms with E-state index in [1.165, 1.54) is 24.3 Å². The van der Waals surface area contributed by atoms with E-state index >= 15 is 0 Å². The molecule has 6 N–H and O–H groups in total. The Bertz CT molecular complexity index is 1240. The highest BCUT2D eigenvalue weighted by atomic mass is 16.4. The van der Waals surface area contributed by atoms with Gasteiger partial charge in [-0.1, -0.05) is 24.3 Å². The highest BCUT2D eigenvalue weighted by Gasteiger charge is 2.39. The number of aromatic carboxylic acids is 2. The van der Waals surface area contributed by atoms with Crippen LogP contribution in [0.25, 0.3) is 0 Å². The van der Waals surface area contributed by atoms with E-state index in [0.717, 1.165) is 24.3 Å². The summed E-state index contributed by atoms with van der Waals surface area (Å²) >= 11 is 0. The Hall–Kier alpha value is -5.80. The van der Waals surface area contributed by atoms with Crippen LogP contribution in [0.4, 0.5) is 21.0 Å². The van der Waals surface area contributed by atoms with Gasteiger partial charge in [-0.15, -0.1) is 0 Å². The first-order chi connectivity index (χ1) is 17.9. The molecule has 0 saturated carbocycles. The number of amides is 6. The van der Waals surface area contributed by atoms with Crippen molar-refractivity contribution in [2.45, 2.75) is 0 Å². The number of hydrogen-bond donors (Lipinski definition) is 6. The molecule has 0 atom stereocenters. The van der Waals surface area contributed by atoms with E-state index in [2.05, 4.69) is 0 Å². The molecule has 198 valence electrons. The van der Waals surface area contributed by atoms with E-state index in [1.54, 1.807) is 10.6 Å². The third-order valence-electron chi connectivity index (χ3n) is 4.53. The molecule has 0 unspecified atom stereocenters. The van der Waals surface area contributed by atoms with Crippen LogP contribution in [-0.4, -0.2) is 81.3 Å². The summed E-state index contributed by atoms with van der Waals surface area (Å²) < 4.78 is 0. The van der Waals surface area contributed by atoms with Gasteiger partial charge in [0.05, 0.1) is 22.5 Å². The summed E-state index contributed by atoms with van der Waals surface area (Å²) in [5.41, 5.74) is -2.74. The number of rotatable bonds is 8. The highest BCUT2D eigenvalue weighted by Crippen LogP contribution is 2.25. The second kappa shape index (κ2) is 12.2. The minimum Gasteiger partial charge on any atom is -0.480 e. The highest BCUT2D eigenvalue weighted by molar-refractivity contribution is 6.52. The Morgan fingerprint density at radius 3 is 1.16 bits per heavy atom. The Morgan fingerprint density at radius 1 is 0.553 bits per heavy atom. The number of carboxylic acid groups (broad SMARTS) is 4. The van der Waals surface area contributed by atoms with Gasteiger partial charge >= 0.3 is 47.8 Å². The van der Waals surface area contributed by atoms with Crippen molar-refractivity contribution in [3.05, 3.63) is 59.7 Å². The Labute approximate surface area is 211 Å². The zero-order chi connectivity index (χ0) is 28.6. The molecular weight excluding hydrogens is 512 g/mol. The van der Waals surface area contributed by atoms with Crippen molar-refractivity contribution >= 4 is 59.1 Å². The van der Waals surface area contributed by atoms with Crippen LogP contribution in [0.1, 0.15) is 20.7 Å². The number of hydrogen-bond acceptors (Lipinski definition) is 8. The quantitative estimate of drug-likeness (QED) is 0.248. The normalized spacial score (nSPS) is 10.0. The first-order valence-electron chi connectivity index (χ1n) is 10.2. The zero-order valence-corrected chi connectivity index (χ0v) is 19.0. The van der Waals surface area contributed by atoms with Gasteiger partial charge in [0.2, 0.25) is 0 Å². The maximum Gasteiger partial charge on any atom is 0.337 e. The molecule has 0 aromatic heterocycles. The Kier molecular flexibility index (Phi) is 9.17. The Morgan fingerprint density at radius 2 is 0.868 bits per heavy atom. The number of aliphatic carboxylic acids is 2. The largest absolute Gasteiger partial charge is 0.480 e. The molecule has 2 rings (SSSR count). The van der Waals surface area contributed by atoms with E-state index in [1.807, 2.05) is 0 Å². The van der Waals surface area contributed by atoms with Gasteiger partial charge in [-0.3, -0.25) is 19.2 Å². The average Bonchev–Trinajstić information content (AvgIpc) is 2.86. The standard InChI is InChI=1S/C22H18N4O12/c27-15(28)9-23-21(37)25(13-7-3-1-5-11(13)19(33)34)17(31)18(32)26(22(38)24-10-16(29)30)14-8-4-2-6-12(14)20(35)36/h1-8H,9-10H2,(H,23,37)(H,24,38)(H,27,28)(H,29,30)(H,33,34)(H,35,36). The van der Waals surface area contributed by atoms with Crippen LogP contribution in [-0.2, 0) is 19.2 Å². The molecule has 0 heterocycles. The van der Waals surface area contributed by atoms with E-state index < -0.39 is 83.3 Å². The number of para-hydroxylation sites is 2. The summed E-state index contributed by atoms with van der Waals surface area (Å²) in [5.74, 6) is -10.2. The maximum atomic E-state index is 13.3. The van der Waals surface area contributed by atoms with Gasteiger partial charge < -0.3 is 31.1 Å². The van der Waals surface area contributed by atoms with Gasteiger partial charge in [-0.05, 0) is 24.3 Å². The van der Waals surface area contributed by atoms with Crippen LogP contribution in [0.2, 0.25) is 0 Å². The minimum absolute atomic E-state index is 0.0460. The maximum absolute atomic E-state index is 13.3. The summed E-state index contributed by atoms with van der Waals surface area (Å²) in [6, 6.07) is 5.48. The van der Waals surface area contributed by atoms with E-state index in [9.17, 15) is 48.6 Å². The molecule has 0 radical (unpaired) electrons. The van der Waals surface area contributed by atoms with Gasteiger partial charge in [0, 0.05) is 0 Å². The molecule has 2 aromatic rings. The van der Waals surface area contributed by atoms with E-state index in [-0.39, 0.29) is 9.80 Å². The van der Waals surface area contributed by atoms with E-state index in [0.29, 0.717) is 0 Å². The number of carbonyl (C=O) groups excluding carboxylic acids is 4. The molecule has 0 aliphatic rings. The van der Waals surface area contributed by atoms with Crippen molar-refractivity contribution in [3.8, 4) is 0 Å². The van der Waals surface area contributed by atoms with Crippen molar-refractivity contribution < 1.29 is 58.8 Å². The van der Waals surface area contributed by atoms with Crippen molar-refractivity contribution in [2.24, 2.45) is 0 Å². The summed E-state index contributed by atoms with van der Waals surface area (Å²) in [7, 11) is 0. The molecule has 0 aliphatic heterocycles. The van der Waals surface area contributed by atoms with Gasteiger partial charge in [0.25, 0.3) is 0 Å². The molecule has 0 spiro atoms. The lowest BCUT2D eigenvalue weighted by Gasteiger charge is -2.26. The molecular formula is C22H18N4O12. The van der Waals surface area contributed by atoms with Crippen LogP contribution in [0.15, 0.2) is 48.5 Å². The fourth-order valence-corrected chi connectivity index (χ4v) is 2.97. The summed E-state index contributed by atoms with van der Waals surface area (Å²) in [6.07, 6.45) is 0. The van der Waals surface area contributed by atoms with Crippen LogP contribution in [0.3, 0.4) is 0 Å². The minimum atomic E-state index is -1.91. The molecule has 16 heteroatoms. The molecule has 0 fully saturated rings. The number of benzene rings is 2. The topological polar surface area (TPSA) is 248 Å². The second-order valence-corrected chi connectivity index (χ2v) is 7.03. The summed E-state index contributed by atoms with van der Waals surface area (Å²) in [5, 5.41) is 40.3. The number of carboxylic acids is 4. The van der Waals surface area contributed by atoms with Crippen molar-refractivity contribution in [3.63, 3.8) is 0 Å². The Balaban J connectivity index is 2.69. The predicted octanol–water partition coefficient (Wildman–Crippen LogP) is 0.0376. The average molecular weight is 530 g/mol. The van der Waals surface area contributed by atoms with Crippen molar-refractivity contribution in [1.82, 2.24) is 10.6 Å². The smallest absolute Gasteiger partial charge is 0.337 e. The van der Waals surface area contributed by atoms with Crippen LogP contribution >= 0.6 is 0 Å². The second-order valence-electron chi connectivity index (χ2n) is 7.03. The van der Waals surface area contributed by atoms with E-state index in [4.69, 9.17) is 10.2 Å².